The Morgan fingerprint density at radius 3 is 2.68 bits per heavy atom. The van der Waals surface area contributed by atoms with E-state index in [2.05, 4.69) is 29.6 Å². The molecule has 1 fully saturated rings. The molecule has 1 aliphatic rings. The first-order valence-electron chi connectivity index (χ1n) is 8.73. The van der Waals surface area contributed by atoms with Crippen LogP contribution in [0.3, 0.4) is 0 Å². The number of aryl methyl sites for hydroxylation is 1. The third kappa shape index (κ3) is 4.26. The molecular formula is C21H23N3O. The average Bonchev–Trinajstić information content (AvgIpc) is 3.04. The lowest BCUT2D eigenvalue weighted by molar-refractivity contribution is -0.128. The van der Waals surface area contributed by atoms with Gasteiger partial charge in [0.15, 0.2) is 0 Å². The van der Waals surface area contributed by atoms with Gasteiger partial charge in [0.25, 0.3) is 0 Å². The zero-order chi connectivity index (χ0) is 17.6. The summed E-state index contributed by atoms with van der Waals surface area (Å²) in [4.78, 5) is 14.0. The van der Waals surface area contributed by atoms with Crippen LogP contribution >= 0.6 is 0 Å². The Labute approximate surface area is 149 Å². The maximum absolute atomic E-state index is 12.0. The van der Waals surface area contributed by atoms with Gasteiger partial charge in [0, 0.05) is 26.1 Å². The molecule has 1 saturated heterocycles. The second-order valence-corrected chi connectivity index (χ2v) is 6.55. The van der Waals surface area contributed by atoms with Crippen molar-refractivity contribution >= 4 is 5.91 Å². The molecule has 1 amide bonds. The third-order valence-electron chi connectivity index (χ3n) is 4.74. The lowest BCUT2D eigenvalue weighted by atomic mass is 10.0. The summed E-state index contributed by atoms with van der Waals surface area (Å²) in [5.74, 6) is 0.247. The standard InChI is InChI=1S/C21H23N3O/c1-16-12-17(9-10-19(16)13-22)14-23-20(18-6-3-2-4-7-18)15-24-11-5-8-21(24)25/h2-4,6-7,9-10,12,20,23H,5,8,11,14-15H2,1H3/t20-/m0/s1. The van der Waals surface area contributed by atoms with Gasteiger partial charge in [0.05, 0.1) is 17.7 Å². The summed E-state index contributed by atoms with van der Waals surface area (Å²) in [6.45, 7) is 4.20. The molecule has 4 heteroatoms. The summed E-state index contributed by atoms with van der Waals surface area (Å²) < 4.78 is 0. The van der Waals surface area contributed by atoms with Gasteiger partial charge in [-0.25, -0.2) is 0 Å². The molecule has 2 aromatic rings. The minimum absolute atomic E-state index is 0.0965. The quantitative estimate of drug-likeness (QED) is 0.882. The predicted octanol–water partition coefficient (Wildman–Crippen LogP) is 3.32. The van der Waals surface area contributed by atoms with Crippen molar-refractivity contribution in [3.8, 4) is 6.07 Å². The first kappa shape index (κ1) is 17.2. The van der Waals surface area contributed by atoms with Crippen molar-refractivity contribution in [3.05, 3.63) is 70.8 Å². The minimum atomic E-state index is 0.0965. The van der Waals surface area contributed by atoms with E-state index in [0.717, 1.165) is 24.1 Å². The summed E-state index contributed by atoms with van der Waals surface area (Å²) in [6, 6.07) is 18.5. The summed E-state index contributed by atoms with van der Waals surface area (Å²) >= 11 is 0. The minimum Gasteiger partial charge on any atom is -0.341 e. The van der Waals surface area contributed by atoms with Crippen LogP contribution < -0.4 is 5.32 Å². The molecule has 1 heterocycles. The summed E-state index contributed by atoms with van der Waals surface area (Å²) in [5, 5.41) is 12.6. The number of likely N-dealkylation sites (tertiary alicyclic amines) is 1. The molecule has 25 heavy (non-hydrogen) atoms. The Bertz CT molecular complexity index is 779. The number of rotatable bonds is 6. The van der Waals surface area contributed by atoms with Crippen LogP contribution in [0, 0.1) is 18.3 Å². The third-order valence-corrected chi connectivity index (χ3v) is 4.74. The second kappa shape index (κ2) is 7.96. The number of nitriles is 1. The number of benzene rings is 2. The van der Waals surface area contributed by atoms with Gasteiger partial charge >= 0.3 is 0 Å². The maximum atomic E-state index is 12.0. The van der Waals surface area contributed by atoms with Crippen molar-refractivity contribution in [3.63, 3.8) is 0 Å². The van der Waals surface area contributed by atoms with Crippen LogP contribution in [-0.2, 0) is 11.3 Å². The van der Waals surface area contributed by atoms with E-state index in [4.69, 9.17) is 5.26 Å². The molecular weight excluding hydrogens is 310 g/mol. The molecule has 0 aliphatic carbocycles. The van der Waals surface area contributed by atoms with Crippen LogP contribution in [0.2, 0.25) is 0 Å². The maximum Gasteiger partial charge on any atom is 0.222 e. The lowest BCUT2D eigenvalue weighted by Gasteiger charge is -2.25. The van der Waals surface area contributed by atoms with E-state index in [1.54, 1.807) is 0 Å². The van der Waals surface area contributed by atoms with Gasteiger partial charge < -0.3 is 10.2 Å². The summed E-state index contributed by atoms with van der Waals surface area (Å²) in [5.41, 5.74) is 4.04. The molecule has 0 aromatic heterocycles. The van der Waals surface area contributed by atoms with Crippen LogP contribution in [0.1, 0.15) is 41.1 Å². The molecule has 4 nitrogen and oxygen atoms in total. The highest BCUT2D eigenvalue weighted by Crippen LogP contribution is 2.19. The number of amides is 1. The van der Waals surface area contributed by atoms with Gasteiger partial charge in [-0.2, -0.15) is 5.26 Å². The first-order chi connectivity index (χ1) is 12.2. The van der Waals surface area contributed by atoms with Gasteiger partial charge in [0.1, 0.15) is 0 Å². The molecule has 2 aromatic carbocycles. The SMILES string of the molecule is Cc1cc(CN[C@@H](CN2CCCC2=O)c2ccccc2)ccc1C#N. The predicted molar refractivity (Wildman–Crippen MR) is 97.7 cm³/mol. The molecule has 3 rings (SSSR count). The zero-order valence-corrected chi connectivity index (χ0v) is 14.5. The molecule has 0 radical (unpaired) electrons. The Morgan fingerprint density at radius 1 is 1.24 bits per heavy atom. The van der Waals surface area contributed by atoms with E-state index in [0.29, 0.717) is 25.1 Å². The van der Waals surface area contributed by atoms with Crippen LogP contribution in [0.5, 0.6) is 0 Å². The highest BCUT2D eigenvalue weighted by atomic mass is 16.2. The molecule has 1 aliphatic heterocycles. The largest absolute Gasteiger partial charge is 0.341 e. The van der Waals surface area contributed by atoms with E-state index in [-0.39, 0.29) is 11.9 Å². The monoisotopic (exact) mass is 333 g/mol. The number of carbonyl (C=O) groups is 1. The van der Waals surface area contributed by atoms with Crippen molar-refractivity contribution in [1.29, 1.82) is 5.26 Å². The molecule has 1 atom stereocenters. The van der Waals surface area contributed by atoms with Crippen molar-refractivity contribution in [1.82, 2.24) is 10.2 Å². The number of hydrogen-bond donors (Lipinski definition) is 1. The second-order valence-electron chi connectivity index (χ2n) is 6.55. The fourth-order valence-corrected chi connectivity index (χ4v) is 3.29. The number of nitrogens with one attached hydrogen (secondary N) is 1. The fraction of sp³-hybridized carbons (Fsp3) is 0.333. The Balaban J connectivity index is 1.72. The van der Waals surface area contributed by atoms with E-state index in [9.17, 15) is 4.79 Å². The summed E-state index contributed by atoms with van der Waals surface area (Å²) in [7, 11) is 0. The van der Waals surface area contributed by atoms with Crippen LogP contribution in [-0.4, -0.2) is 23.9 Å². The lowest BCUT2D eigenvalue weighted by Crippen LogP contribution is -2.35. The fourth-order valence-electron chi connectivity index (χ4n) is 3.29. The average molecular weight is 333 g/mol. The van der Waals surface area contributed by atoms with E-state index in [1.165, 1.54) is 5.56 Å². The molecule has 0 saturated carbocycles. The van der Waals surface area contributed by atoms with Crippen LogP contribution in [0.25, 0.3) is 0 Å². The highest BCUT2D eigenvalue weighted by Gasteiger charge is 2.24. The Kier molecular flexibility index (Phi) is 5.47. The van der Waals surface area contributed by atoms with Crippen molar-refractivity contribution in [2.75, 3.05) is 13.1 Å². The Hall–Kier alpha value is -2.64. The zero-order valence-electron chi connectivity index (χ0n) is 14.5. The molecule has 128 valence electrons. The van der Waals surface area contributed by atoms with Gasteiger partial charge in [0.2, 0.25) is 5.91 Å². The van der Waals surface area contributed by atoms with Crippen molar-refractivity contribution in [2.45, 2.75) is 32.4 Å². The molecule has 0 bridgehead atoms. The van der Waals surface area contributed by atoms with E-state index >= 15 is 0 Å². The highest BCUT2D eigenvalue weighted by molar-refractivity contribution is 5.78. The van der Waals surface area contributed by atoms with E-state index in [1.807, 2.05) is 42.2 Å². The van der Waals surface area contributed by atoms with Crippen molar-refractivity contribution < 1.29 is 4.79 Å². The van der Waals surface area contributed by atoms with Gasteiger partial charge in [-0.05, 0) is 36.1 Å². The molecule has 0 spiro atoms. The van der Waals surface area contributed by atoms with Crippen LogP contribution in [0.15, 0.2) is 48.5 Å². The number of carbonyl (C=O) groups excluding carboxylic acids is 1. The Morgan fingerprint density at radius 2 is 2.04 bits per heavy atom. The molecule has 0 unspecified atom stereocenters. The molecule has 1 N–H and O–H groups in total. The van der Waals surface area contributed by atoms with Gasteiger partial charge in [-0.15, -0.1) is 0 Å². The van der Waals surface area contributed by atoms with Gasteiger partial charge in [-0.3, -0.25) is 4.79 Å². The number of nitrogens with zero attached hydrogens (tertiary/aromatic N) is 2. The van der Waals surface area contributed by atoms with E-state index < -0.39 is 0 Å². The number of hydrogen-bond acceptors (Lipinski definition) is 3. The van der Waals surface area contributed by atoms with Gasteiger partial charge in [-0.1, -0.05) is 42.5 Å². The normalized spacial score (nSPS) is 15.2. The van der Waals surface area contributed by atoms with Crippen molar-refractivity contribution in [2.24, 2.45) is 0 Å². The smallest absolute Gasteiger partial charge is 0.222 e. The first-order valence-corrected chi connectivity index (χ1v) is 8.73. The van der Waals surface area contributed by atoms with Crippen LogP contribution in [0.4, 0.5) is 0 Å². The summed E-state index contributed by atoms with van der Waals surface area (Å²) in [6.07, 6.45) is 1.62. The topological polar surface area (TPSA) is 56.1 Å².